The van der Waals surface area contributed by atoms with E-state index in [4.69, 9.17) is 4.42 Å². The summed E-state index contributed by atoms with van der Waals surface area (Å²) in [6.07, 6.45) is 0. The molecule has 0 radical (unpaired) electrons. The number of nitrogens with one attached hydrogen (secondary N) is 2. The van der Waals surface area contributed by atoms with E-state index in [2.05, 4.69) is 15.6 Å². The van der Waals surface area contributed by atoms with Crippen molar-refractivity contribution in [1.82, 2.24) is 15.6 Å². The molecule has 0 saturated carbocycles. The van der Waals surface area contributed by atoms with Gasteiger partial charge < -0.3 is 9.73 Å². The third kappa shape index (κ3) is 3.01. The van der Waals surface area contributed by atoms with E-state index in [1.54, 1.807) is 6.07 Å². The molecule has 0 atom stereocenters. The van der Waals surface area contributed by atoms with Crippen molar-refractivity contribution in [2.45, 2.75) is 5.22 Å². The van der Waals surface area contributed by atoms with E-state index in [1.807, 2.05) is 18.2 Å². The number of amides is 3. The standard InChI is InChI=1S/C11H11N3O3S/c1-12-10(16)14-9(15)6-18-11-13-7-4-2-3-5-8(7)17-11/h2-5H,6H2,1H3,(H2,12,14,15,16). The Labute approximate surface area is 107 Å². The summed E-state index contributed by atoms with van der Waals surface area (Å²) >= 11 is 1.14. The van der Waals surface area contributed by atoms with Gasteiger partial charge >= 0.3 is 6.03 Å². The van der Waals surface area contributed by atoms with E-state index in [9.17, 15) is 9.59 Å². The number of hydrogen-bond acceptors (Lipinski definition) is 5. The summed E-state index contributed by atoms with van der Waals surface area (Å²) in [5, 5.41) is 4.86. The van der Waals surface area contributed by atoms with E-state index in [-0.39, 0.29) is 5.75 Å². The SMILES string of the molecule is CNC(=O)NC(=O)CSc1nc2ccccc2o1. The van der Waals surface area contributed by atoms with Gasteiger partial charge in [0.1, 0.15) is 5.52 Å². The average molecular weight is 265 g/mol. The molecule has 0 unspecified atom stereocenters. The molecule has 0 saturated heterocycles. The van der Waals surface area contributed by atoms with Gasteiger partial charge in [0.15, 0.2) is 5.58 Å². The molecule has 2 aromatic rings. The molecular formula is C11H11N3O3S. The highest BCUT2D eigenvalue weighted by molar-refractivity contribution is 7.99. The van der Waals surface area contributed by atoms with E-state index < -0.39 is 11.9 Å². The Morgan fingerprint density at radius 1 is 1.39 bits per heavy atom. The fraction of sp³-hybridized carbons (Fsp3) is 0.182. The second kappa shape index (κ2) is 5.54. The maximum Gasteiger partial charge on any atom is 0.321 e. The monoisotopic (exact) mass is 265 g/mol. The zero-order valence-electron chi connectivity index (χ0n) is 9.60. The van der Waals surface area contributed by atoms with Gasteiger partial charge in [-0.3, -0.25) is 10.1 Å². The van der Waals surface area contributed by atoms with Crippen molar-refractivity contribution in [1.29, 1.82) is 0 Å². The molecule has 94 valence electrons. The quantitative estimate of drug-likeness (QED) is 0.819. The number of aromatic nitrogens is 1. The number of rotatable bonds is 3. The summed E-state index contributed by atoms with van der Waals surface area (Å²) < 4.78 is 5.42. The van der Waals surface area contributed by atoms with Crippen molar-refractivity contribution in [3.05, 3.63) is 24.3 Å². The lowest BCUT2D eigenvalue weighted by Gasteiger charge is -2.00. The normalized spacial score (nSPS) is 10.3. The lowest BCUT2D eigenvalue weighted by molar-refractivity contribution is -0.117. The second-order valence-corrected chi connectivity index (χ2v) is 4.29. The predicted molar refractivity (Wildman–Crippen MR) is 67.3 cm³/mol. The van der Waals surface area contributed by atoms with Crippen LogP contribution in [0.2, 0.25) is 0 Å². The number of oxazole rings is 1. The highest BCUT2D eigenvalue weighted by Gasteiger charge is 2.10. The maximum absolute atomic E-state index is 11.3. The molecule has 0 spiro atoms. The molecule has 3 amide bonds. The van der Waals surface area contributed by atoms with Gasteiger partial charge in [0.2, 0.25) is 5.91 Å². The average Bonchev–Trinajstić information content (AvgIpc) is 2.79. The lowest BCUT2D eigenvalue weighted by Crippen LogP contribution is -2.38. The summed E-state index contributed by atoms with van der Waals surface area (Å²) in [6, 6.07) is 6.81. The largest absolute Gasteiger partial charge is 0.431 e. The van der Waals surface area contributed by atoms with E-state index in [1.165, 1.54) is 7.05 Å². The van der Waals surface area contributed by atoms with E-state index >= 15 is 0 Å². The number of carbonyl (C=O) groups excluding carboxylic acids is 2. The first-order valence-corrected chi connectivity index (χ1v) is 6.17. The molecule has 1 aromatic heterocycles. The van der Waals surface area contributed by atoms with Gasteiger partial charge in [0.05, 0.1) is 5.75 Å². The third-order valence-electron chi connectivity index (χ3n) is 2.08. The fourth-order valence-electron chi connectivity index (χ4n) is 1.27. The van der Waals surface area contributed by atoms with E-state index in [0.717, 1.165) is 17.3 Å². The minimum atomic E-state index is -0.529. The molecule has 1 aromatic carbocycles. The number of carbonyl (C=O) groups is 2. The van der Waals surface area contributed by atoms with Crippen molar-refractivity contribution < 1.29 is 14.0 Å². The van der Waals surface area contributed by atoms with Crippen LogP contribution in [0.5, 0.6) is 0 Å². The zero-order chi connectivity index (χ0) is 13.0. The second-order valence-electron chi connectivity index (χ2n) is 3.36. The summed E-state index contributed by atoms with van der Waals surface area (Å²) in [5.74, 6) is -0.332. The first kappa shape index (κ1) is 12.4. The lowest BCUT2D eigenvalue weighted by atomic mass is 10.3. The molecule has 2 rings (SSSR count). The molecule has 0 fully saturated rings. The van der Waals surface area contributed by atoms with Crippen molar-refractivity contribution in [3.63, 3.8) is 0 Å². The van der Waals surface area contributed by atoms with Crippen LogP contribution >= 0.6 is 11.8 Å². The topological polar surface area (TPSA) is 84.2 Å². The van der Waals surface area contributed by atoms with Gasteiger partial charge in [-0.2, -0.15) is 0 Å². The molecule has 0 aliphatic rings. The smallest absolute Gasteiger partial charge is 0.321 e. The molecule has 2 N–H and O–H groups in total. The van der Waals surface area contributed by atoms with Crippen LogP contribution in [0.4, 0.5) is 4.79 Å². The molecule has 18 heavy (non-hydrogen) atoms. The van der Waals surface area contributed by atoms with Gasteiger partial charge in [0, 0.05) is 7.05 Å². The van der Waals surface area contributed by atoms with Gasteiger partial charge in [0.25, 0.3) is 5.22 Å². The number of benzene rings is 1. The van der Waals surface area contributed by atoms with Gasteiger partial charge in [-0.05, 0) is 12.1 Å². The molecular weight excluding hydrogens is 254 g/mol. The van der Waals surface area contributed by atoms with Crippen LogP contribution < -0.4 is 10.6 Å². The molecule has 0 bridgehead atoms. The minimum absolute atomic E-state index is 0.0697. The van der Waals surface area contributed by atoms with Gasteiger partial charge in [-0.15, -0.1) is 0 Å². The van der Waals surface area contributed by atoms with Crippen LogP contribution in [-0.2, 0) is 4.79 Å². The Morgan fingerprint density at radius 3 is 2.89 bits per heavy atom. The number of thioether (sulfide) groups is 1. The zero-order valence-corrected chi connectivity index (χ0v) is 10.4. The van der Waals surface area contributed by atoms with Crippen LogP contribution in [0.3, 0.4) is 0 Å². The molecule has 0 aliphatic heterocycles. The van der Waals surface area contributed by atoms with Crippen LogP contribution in [-0.4, -0.2) is 29.7 Å². The Hall–Kier alpha value is -2.02. The Balaban J connectivity index is 1.94. The minimum Gasteiger partial charge on any atom is -0.431 e. The number of imide groups is 1. The van der Waals surface area contributed by atoms with Crippen molar-refractivity contribution in [2.24, 2.45) is 0 Å². The van der Waals surface area contributed by atoms with Crippen LogP contribution in [0.15, 0.2) is 33.9 Å². The molecule has 1 heterocycles. The first-order valence-electron chi connectivity index (χ1n) is 5.19. The highest BCUT2D eigenvalue weighted by atomic mass is 32.2. The summed E-state index contributed by atoms with van der Waals surface area (Å²) in [7, 11) is 1.44. The Morgan fingerprint density at radius 2 is 2.17 bits per heavy atom. The van der Waals surface area contributed by atoms with Crippen molar-refractivity contribution in [2.75, 3.05) is 12.8 Å². The maximum atomic E-state index is 11.3. The van der Waals surface area contributed by atoms with E-state index in [0.29, 0.717) is 10.8 Å². The number of urea groups is 1. The number of hydrogen-bond donors (Lipinski definition) is 2. The Bertz CT molecular complexity index is 549. The van der Waals surface area contributed by atoms with Gasteiger partial charge in [-0.1, -0.05) is 23.9 Å². The van der Waals surface area contributed by atoms with Gasteiger partial charge in [-0.25, -0.2) is 9.78 Å². The number of nitrogens with zero attached hydrogens (tertiary/aromatic N) is 1. The predicted octanol–water partition coefficient (Wildman–Crippen LogP) is 1.38. The number of para-hydroxylation sites is 2. The van der Waals surface area contributed by atoms with Crippen LogP contribution in [0, 0.1) is 0 Å². The summed E-state index contributed by atoms with van der Waals surface area (Å²) in [5.41, 5.74) is 1.42. The Kier molecular flexibility index (Phi) is 3.83. The molecule has 6 nitrogen and oxygen atoms in total. The number of fused-ring (bicyclic) bond motifs is 1. The summed E-state index contributed by atoms with van der Waals surface area (Å²) in [6.45, 7) is 0. The molecule has 7 heteroatoms. The van der Waals surface area contributed by atoms with Crippen molar-refractivity contribution in [3.8, 4) is 0 Å². The van der Waals surface area contributed by atoms with Crippen LogP contribution in [0.1, 0.15) is 0 Å². The molecule has 0 aliphatic carbocycles. The van der Waals surface area contributed by atoms with Crippen molar-refractivity contribution >= 4 is 34.8 Å². The fourth-order valence-corrected chi connectivity index (χ4v) is 1.90. The third-order valence-corrected chi connectivity index (χ3v) is 2.91. The summed E-state index contributed by atoms with van der Waals surface area (Å²) in [4.78, 5) is 26.4. The first-order chi connectivity index (χ1) is 8.69. The highest BCUT2D eigenvalue weighted by Crippen LogP contribution is 2.22. The van der Waals surface area contributed by atoms with Crippen LogP contribution in [0.25, 0.3) is 11.1 Å².